The molecule has 1 aromatic rings. The average Bonchev–Trinajstić information content (AvgIpc) is 2.87. The van der Waals surface area contributed by atoms with Crippen molar-refractivity contribution in [2.24, 2.45) is 5.73 Å². The van der Waals surface area contributed by atoms with Crippen LogP contribution in [0.3, 0.4) is 0 Å². The van der Waals surface area contributed by atoms with Gasteiger partial charge in [-0.2, -0.15) is 0 Å². The van der Waals surface area contributed by atoms with E-state index >= 15 is 0 Å². The van der Waals surface area contributed by atoms with Gasteiger partial charge in [0.25, 0.3) is 5.91 Å². The van der Waals surface area contributed by atoms with Crippen molar-refractivity contribution in [3.63, 3.8) is 0 Å². The molecule has 0 aliphatic carbocycles. The lowest BCUT2D eigenvalue weighted by Crippen LogP contribution is -2.32. The molecule has 4 atom stereocenters. The lowest BCUT2D eigenvalue weighted by atomic mass is 10.1. The second kappa shape index (κ2) is 4.67. The number of hydrogen-bond acceptors (Lipinski definition) is 7. The van der Waals surface area contributed by atoms with E-state index in [1.807, 2.05) is 0 Å². The van der Waals surface area contributed by atoms with Gasteiger partial charge in [0.2, 0.25) is 0 Å². The van der Waals surface area contributed by atoms with Crippen molar-refractivity contribution in [1.29, 1.82) is 0 Å². The average molecular weight is 260 g/mol. The summed E-state index contributed by atoms with van der Waals surface area (Å²) in [5.74, 6) is -0.667. The van der Waals surface area contributed by atoms with Gasteiger partial charge in [-0.3, -0.25) is 4.79 Å². The number of aromatic nitrogens is 1. The fourth-order valence-electron chi connectivity index (χ4n) is 1.64. The molecule has 0 unspecified atom stereocenters. The SMILES string of the molecule is NC(=O)c1csc([C@@H]2O[C@@H](CO)[C@H](O)[C@H]2O)n1. The third kappa shape index (κ3) is 2.17. The van der Waals surface area contributed by atoms with Crippen LogP contribution in [0.15, 0.2) is 5.38 Å². The minimum Gasteiger partial charge on any atom is -0.394 e. The molecule has 1 aliphatic heterocycles. The smallest absolute Gasteiger partial charge is 0.268 e. The van der Waals surface area contributed by atoms with Gasteiger partial charge in [0.15, 0.2) is 0 Å². The van der Waals surface area contributed by atoms with Gasteiger partial charge >= 0.3 is 0 Å². The number of rotatable bonds is 3. The van der Waals surface area contributed by atoms with E-state index in [9.17, 15) is 15.0 Å². The van der Waals surface area contributed by atoms with E-state index in [1.54, 1.807) is 0 Å². The Balaban J connectivity index is 2.19. The predicted molar refractivity (Wildman–Crippen MR) is 57.3 cm³/mol. The maximum atomic E-state index is 10.9. The molecule has 0 spiro atoms. The highest BCUT2D eigenvalue weighted by atomic mass is 32.1. The largest absolute Gasteiger partial charge is 0.394 e. The van der Waals surface area contributed by atoms with Crippen molar-refractivity contribution in [2.75, 3.05) is 6.61 Å². The number of hydrogen-bond donors (Lipinski definition) is 4. The van der Waals surface area contributed by atoms with Crippen molar-refractivity contribution >= 4 is 17.2 Å². The van der Waals surface area contributed by atoms with E-state index in [2.05, 4.69) is 4.98 Å². The van der Waals surface area contributed by atoms with Gasteiger partial charge in [0, 0.05) is 5.38 Å². The van der Waals surface area contributed by atoms with E-state index < -0.39 is 36.9 Å². The van der Waals surface area contributed by atoms with Gasteiger partial charge < -0.3 is 25.8 Å². The Kier molecular flexibility index (Phi) is 3.40. The van der Waals surface area contributed by atoms with Crippen molar-refractivity contribution < 1.29 is 24.9 Å². The molecule has 17 heavy (non-hydrogen) atoms. The van der Waals surface area contributed by atoms with Crippen molar-refractivity contribution in [3.05, 3.63) is 16.1 Å². The summed E-state index contributed by atoms with van der Waals surface area (Å²) in [7, 11) is 0. The Morgan fingerprint density at radius 2 is 2.24 bits per heavy atom. The third-order valence-electron chi connectivity index (χ3n) is 2.56. The number of carbonyl (C=O) groups excluding carboxylic acids is 1. The normalized spacial score (nSPS) is 32.9. The maximum absolute atomic E-state index is 10.9. The highest BCUT2D eigenvalue weighted by Crippen LogP contribution is 2.34. The van der Waals surface area contributed by atoms with E-state index in [-0.39, 0.29) is 5.69 Å². The molecule has 7 nitrogen and oxygen atoms in total. The summed E-state index contributed by atoms with van der Waals surface area (Å²) in [4.78, 5) is 14.8. The monoisotopic (exact) mass is 260 g/mol. The molecule has 1 saturated heterocycles. The van der Waals surface area contributed by atoms with Crippen LogP contribution >= 0.6 is 11.3 Å². The Morgan fingerprint density at radius 3 is 2.71 bits per heavy atom. The summed E-state index contributed by atoms with van der Waals surface area (Å²) in [6.07, 6.45) is -4.05. The zero-order chi connectivity index (χ0) is 12.6. The van der Waals surface area contributed by atoms with E-state index in [0.29, 0.717) is 5.01 Å². The molecule has 8 heteroatoms. The number of nitrogens with two attached hydrogens (primary N) is 1. The summed E-state index contributed by atoms with van der Waals surface area (Å²) >= 11 is 1.10. The van der Waals surface area contributed by atoms with E-state index in [0.717, 1.165) is 11.3 Å². The number of thiazole rings is 1. The first-order valence-electron chi connectivity index (χ1n) is 4.92. The Hall–Kier alpha value is -1.06. The van der Waals surface area contributed by atoms with Gasteiger partial charge in [-0.1, -0.05) is 0 Å². The Labute approximate surface area is 100 Å². The van der Waals surface area contributed by atoms with Gasteiger partial charge in [-0.05, 0) is 0 Å². The van der Waals surface area contributed by atoms with Crippen LogP contribution in [0.1, 0.15) is 21.6 Å². The number of aliphatic hydroxyl groups excluding tert-OH is 3. The van der Waals surface area contributed by atoms with Crippen molar-refractivity contribution in [2.45, 2.75) is 24.4 Å². The van der Waals surface area contributed by atoms with Crippen LogP contribution in [-0.2, 0) is 4.74 Å². The molecule has 1 amide bonds. The highest BCUT2D eigenvalue weighted by molar-refractivity contribution is 7.09. The number of aliphatic hydroxyl groups is 3. The number of nitrogens with zero attached hydrogens (tertiary/aromatic N) is 1. The minimum atomic E-state index is -1.18. The number of ether oxygens (including phenoxy) is 1. The van der Waals surface area contributed by atoms with Gasteiger partial charge in [-0.25, -0.2) is 4.98 Å². The summed E-state index contributed by atoms with van der Waals surface area (Å²) in [5.41, 5.74) is 5.14. The first-order valence-corrected chi connectivity index (χ1v) is 5.80. The van der Waals surface area contributed by atoms with Crippen LogP contribution in [0, 0.1) is 0 Å². The molecule has 0 radical (unpaired) electrons. The fraction of sp³-hybridized carbons (Fsp3) is 0.556. The molecule has 0 saturated carbocycles. The van der Waals surface area contributed by atoms with Crippen LogP contribution in [-0.4, -0.2) is 51.1 Å². The minimum absolute atomic E-state index is 0.0859. The number of amides is 1. The van der Waals surface area contributed by atoms with Crippen LogP contribution in [0.2, 0.25) is 0 Å². The molecular weight excluding hydrogens is 248 g/mol. The van der Waals surface area contributed by atoms with Crippen LogP contribution in [0.25, 0.3) is 0 Å². The molecule has 1 aromatic heterocycles. The summed E-state index contributed by atoms with van der Waals surface area (Å²) in [6, 6.07) is 0. The second-order valence-electron chi connectivity index (χ2n) is 3.69. The molecular formula is C9H12N2O5S. The van der Waals surface area contributed by atoms with Crippen LogP contribution < -0.4 is 5.73 Å². The van der Waals surface area contributed by atoms with Crippen LogP contribution in [0.5, 0.6) is 0 Å². The summed E-state index contributed by atoms with van der Waals surface area (Å²) in [6.45, 7) is -0.400. The molecule has 2 heterocycles. The molecule has 94 valence electrons. The highest BCUT2D eigenvalue weighted by Gasteiger charge is 2.44. The van der Waals surface area contributed by atoms with E-state index in [4.69, 9.17) is 15.6 Å². The lowest BCUT2D eigenvalue weighted by molar-refractivity contribution is -0.0228. The van der Waals surface area contributed by atoms with E-state index in [1.165, 1.54) is 5.38 Å². The Bertz CT molecular complexity index is 423. The predicted octanol–water partition coefficient (Wildman–Crippen LogP) is -1.60. The van der Waals surface area contributed by atoms with Crippen LogP contribution in [0.4, 0.5) is 0 Å². The summed E-state index contributed by atoms with van der Waals surface area (Å²) < 4.78 is 5.26. The number of primary amides is 1. The second-order valence-corrected chi connectivity index (χ2v) is 4.58. The van der Waals surface area contributed by atoms with Gasteiger partial charge in [0.1, 0.15) is 35.1 Å². The van der Waals surface area contributed by atoms with Gasteiger partial charge in [0.05, 0.1) is 6.61 Å². The zero-order valence-electron chi connectivity index (χ0n) is 8.68. The molecule has 1 aliphatic rings. The molecule has 0 aromatic carbocycles. The quantitative estimate of drug-likeness (QED) is 0.518. The molecule has 2 rings (SSSR count). The lowest BCUT2D eigenvalue weighted by Gasteiger charge is -2.11. The zero-order valence-corrected chi connectivity index (χ0v) is 9.50. The van der Waals surface area contributed by atoms with Crippen molar-refractivity contribution in [1.82, 2.24) is 4.98 Å². The van der Waals surface area contributed by atoms with Gasteiger partial charge in [-0.15, -0.1) is 11.3 Å². The van der Waals surface area contributed by atoms with Crippen molar-refractivity contribution in [3.8, 4) is 0 Å². The topological polar surface area (TPSA) is 126 Å². The Morgan fingerprint density at radius 1 is 1.53 bits per heavy atom. The number of carbonyl (C=O) groups is 1. The standard InChI is InChI=1S/C9H12N2O5S/c10-8(15)3-2-17-9(11-3)7-6(14)5(13)4(1-12)16-7/h2,4-7,12-14H,1H2,(H2,10,15)/t4-,5-,6+,7+/m0/s1. The fourth-order valence-corrected chi connectivity index (χ4v) is 2.52. The maximum Gasteiger partial charge on any atom is 0.268 e. The molecule has 0 bridgehead atoms. The first-order chi connectivity index (χ1) is 8.04. The molecule has 1 fully saturated rings. The first kappa shape index (κ1) is 12.4. The summed E-state index contributed by atoms with van der Waals surface area (Å²) in [5, 5.41) is 30.0. The third-order valence-corrected chi connectivity index (χ3v) is 3.47. The molecule has 5 N–H and O–H groups in total.